The van der Waals surface area contributed by atoms with Gasteiger partial charge in [-0.2, -0.15) is 9.36 Å². The van der Waals surface area contributed by atoms with Crippen molar-refractivity contribution in [1.29, 1.82) is 0 Å². The highest BCUT2D eigenvalue weighted by atomic mass is 79.9. The first-order valence-electron chi connectivity index (χ1n) is 6.33. The quantitative estimate of drug-likeness (QED) is 0.690. The Kier molecular flexibility index (Phi) is 3.96. The van der Waals surface area contributed by atoms with Gasteiger partial charge < -0.3 is 4.74 Å². The van der Waals surface area contributed by atoms with E-state index < -0.39 is 0 Å². The molecule has 0 fully saturated rings. The van der Waals surface area contributed by atoms with Crippen molar-refractivity contribution in [3.63, 3.8) is 0 Å². The van der Waals surface area contributed by atoms with Crippen molar-refractivity contribution in [1.82, 2.24) is 29.8 Å². The van der Waals surface area contributed by atoms with Crippen molar-refractivity contribution in [3.05, 3.63) is 57.2 Å². The smallest absolute Gasteiger partial charge is 0.368 e. The monoisotopic (exact) mass is 362 g/mol. The molecule has 2 aromatic heterocycles. The van der Waals surface area contributed by atoms with Gasteiger partial charge in [0.15, 0.2) is 0 Å². The maximum Gasteiger partial charge on any atom is 0.368 e. The fraction of sp³-hybridized carbons (Fsp3) is 0.154. The SMILES string of the molecule is Cn1nnn(-c2cccc(Br)c2COc2ncccn2)c1=O. The first kappa shape index (κ1) is 14.4. The predicted molar refractivity (Wildman–Crippen MR) is 80.7 cm³/mol. The van der Waals surface area contributed by atoms with Crippen LogP contribution in [0.4, 0.5) is 0 Å². The van der Waals surface area contributed by atoms with Crippen LogP contribution in [-0.2, 0) is 13.7 Å². The molecule has 0 saturated heterocycles. The van der Waals surface area contributed by atoms with Crippen molar-refractivity contribution in [2.24, 2.45) is 7.05 Å². The van der Waals surface area contributed by atoms with E-state index in [1.165, 1.54) is 11.7 Å². The first-order valence-corrected chi connectivity index (χ1v) is 7.12. The van der Waals surface area contributed by atoms with Crippen LogP contribution in [0.3, 0.4) is 0 Å². The number of aryl methyl sites for hydroxylation is 1. The van der Waals surface area contributed by atoms with E-state index in [0.29, 0.717) is 5.69 Å². The molecule has 0 aliphatic heterocycles. The van der Waals surface area contributed by atoms with Gasteiger partial charge in [-0.05, 0) is 28.6 Å². The van der Waals surface area contributed by atoms with Gasteiger partial charge in [-0.1, -0.05) is 22.0 Å². The summed E-state index contributed by atoms with van der Waals surface area (Å²) in [6.45, 7) is 0.184. The van der Waals surface area contributed by atoms with Crippen LogP contribution in [0.5, 0.6) is 6.01 Å². The summed E-state index contributed by atoms with van der Waals surface area (Å²) in [5.41, 5.74) is 0.997. The molecule has 112 valence electrons. The summed E-state index contributed by atoms with van der Waals surface area (Å²) in [5, 5.41) is 7.57. The zero-order chi connectivity index (χ0) is 15.5. The maximum absolute atomic E-state index is 12.0. The number of nitrogens with zero attached hydrogens (tertiary/aromatic N) is 6. The minimum Gasteiger partial charge on any atom is -0.458 e. The molecule has 1 aromatic carbocycles. The molecule has 0 N–H and O–H groups in total. The summed E-state index contributed by atoms with van der Waals surface area (Å²) in [7, 11) is 1.54. The van der Waals surface area contributed by atoms with Crippen LogP contribution in [0.25, 0.3) is 5.69 Å². The summed E-state index contributed by atoms with van der Waals surface area (Å²) < 4.78 is 8.73. The third kappa shape index (κ3) is 2.75. The van der Waals surface area contributed by atoms with Crippen LogP contribution in [0.15, 0.2) is 45.9 Å². The van der Waals surface area contributed by atoms with Gasteiger partial charge in [0, 0.05) is 29.5 Å². The Morgan fingerprint density at radius 3 is 2.64 bits per heavy atom. The summed E-state index contributed by atoms with van der Waals surface area (Å²) >= 11 is 3.46. The van der Waals surface area contributed by atoms with Gasteiger partial charge in [-0.15, -0.1) is 0 Å². The van der Waals surface area contributed by atoms with E-state index >= 15 is 0 Å². The number of rotatable bonds is 4. The molecule has 9 heteroatoms. The van der Waals surface area contributed by atoms with E-state index in [9.17, 15) is 4.79 Å². The van der Waals surface area contributed by atoms with Crippen LogP contribution in [0.2, 0.25) is 0 Å². The van der Waals surface area contributed by atoms with E-state index in [1.807, 2.05) is 12.1 Å². The number of halogens is 1. The minimum atomic E-state index is -0.338. The van der Waals surface area contributed by atoms with Gasteiger partial charge in [-0.25, -0.2) is 14.8 Å². The van der Waals surface area contributed by atoms with Crippen LogP contribution in [0.1, 0.15) is 5.56 Å². The Morgan fingerprint density at radius 2 is 1.95 bits per heavy atom. The average molecular weight is 363 g/mol. The third-order valence-corrected chi connectivity index (χ3v) is 3.67. The summed E-state index contributed by atoms with van der Waals surface area (Å²) in [4.78, 5) is 20.0. The Bertz CT molecular complexity index is 845. The molecule has 0 radical (unpaired) electrons. The average Bonchev–Trinajstić information content (AvgIpc) is 2.86. The van der Waals surface area contributed by atoms with Crippen molar-refractivity contribution in [2.75, 3.05) is 0 Å². The molecule has 0 amide bonds. The Labute approximate surface area is 133 Å². The highest BCUT2D eigenvalue weighted by Gasteiger charge is 2.14. The lowest BCUT2D eigenvalue weighted by Crippen LogP contribution is -2.23. The van der Waals surface area contributed by atoms with Crippen LogP contribution < -0.4 is 10.4 Å². The molecule has 3 aromatic rings. The van der Waals surface area contributed by atoms with Crippen LogP contribution in [-0.4, -0.2) is 29.8 Å². The van der Waals surface area contributed by atoms with Gasteiger partial charge in [0.05, 0.1) is 5.69 Å². The predicted octanol–water partition coefficient (Wildman–Crippen LogP) is 1.10. The van der Waals surface area contributed by atoms with Gasteiger partial charge >= 0.3 is 11.7 Å². The lowest BCUT2D eigenvalue weighted by atomic mass is 10.2. The van der Waals surface area contributed by atoms with Crippen LogP contribution in [0, 0.1) is 0 Å². The zero-order valence-corrected chi connectivity index (χ0v) is 13.1. The molecule has 0 aliphatic carbocycles. The number of benzene rings is 1. The molecular formula is C13H11BrN6O2. The maximum atomic E-state index is 12.0. The Morgan fingerprint density at radius 1 is 1.18 bits per heavy atom. The Hall–Kier alpha value is -2.55. The number of hydrogen-bond donors (Lipinski definition) is 0. The fourth-order valence-electron chi connectivity index (χ4n) is 1.85. The minimum absolute atomic E-state index is 0.184. The van der Waals surface area contributed by atoms with Gasteiger partial charge in [0.2, 0.25) is 0 Å². The summed E-state index contributed by atoms with van der Waals surface area (Å²) in [5.74, 6) is 0. The second kappa shape index (κ2) is 6.06. The molecular weight excluding hydrogens is 352 g/mol. The topological polar surface area (TPSA) is 87.7 Å². The highest BCUT2D eigenvalue weighted by molar-refractivity contribution is 9.10. The molecule has 22 heavy (non-hydrogen) atoms. The molecule has 0 unspecified atom stereocenters. The standard InChI is InChI=1S/C13H11BrN6O2/c1-19-13(21)20(18-17-19)11-5-2-4-10(14)9(11)8-22-12-15-6-3-7-16-12/h2-7H,8H2,1H3. The second-order valence-corrected chi connectivity index (χ2v) is 5.21. The molecule has 0 bridgehead atoms. The molecule has 2 heterocycles. The van der Waals surface area contributed by atoms with Crippen molar-refractivity contribution in [2.45, 2.75) is 6.61 Å². The largest absolute Gasteiger partial charge is 0.458 e. The van der Waals surface area contributed by atoms with E-state index in [0.717, 1.165) is 14.7 Å². The normalized spacial score (nSPS) is 10.6. The first-order chi connectivity index (χ1) is 10.7. The summed E-state index contributed by atoms with van der Waals surface area (Å²) in [6, 6.07) is 7.40. The number of aromatic nitrogens is 6. The fourth-order valence-corrected chi connectivity index (χ4v) is 2.32. The van der Waals surface area contributed by atoms with E-state index in [1.54, 1.807) is 24.5 Å². The lowest BCUT2D eigenvalue weighted by Gasteiger charge is -2.10. The molecule has 0 spiro atoms. The zero-order valence-electron chi connectivity index (χ0n) is 11.5. The molecule has 3 rings (SSSR count). The van der Waals surface area contributed by atoms with E-state index in [4.69, 9.17) is 4.74 Å². The van der Waals surface area contributed by atoms with Gasteiger partial charge in [0.25, 0.3) is 0 Å². The lowest BCUT2D eigenvalue weighted by molar-refractivity contribution is 0.279. The van der Waals surface area contributed by atoms with Crippen molar-refractivity contribution in [3.8, 4) is 11.7 Å². The third-order valence-electron chi connectivity index (χ3n) is 2.93. The van der Waals surface area contributed by atoms with Crippen LogP contribution >= 0.6 is 15.9 Å². The second-order valence-electron chi connectivity index (χ2n) is 4.35. The van der Waals surface area contributed by atoms with E-state index in [-0.39, 0.29) is 18.3 Å². The Balaban J connectivity index is 1.97. The molecule has 0 aliphatic rings. The van der Waals surface area contributed by atoms with Gasteiger partial charge in [-0.3, -0.25) is 0 Å². The molecule has 0 atom stereocenters. The van der Waals surface area contributed by atoms with E-state index in [2.05, 4.69) is 36.3 Å². The molecule has 8 nitrogen and oxygen atoms in total. The number of ether oxygens (including phenoxy) is 1. The van der Waals surface area contributed by atoms with Crippen molar-refractivity contribution >= 4 is 15.9 Å². The van der Waals surface area contributed by atoms with Gasteiger partial charge in [0.1, 0.15) is 6.61 Å². The van der Waals surface area contributed by atoms with Crippen molar-refractivity contribution < 1.29 is 4.74 Å². The molecule has 0 saturated carbocycles. The highest BCUT2D eigenvalue weighted by Crippen LogP contribution is 2.23. The number of hydrogen-bond acceptors (Lipinski definition) is 6. The number of tetrazole rings is 1. The summed E-state index contributed by atoms with van der Waals surface area (Å²) in [6.07, 6.45) is 3.19.